The third-order valence-corrected chi connectivity index (χ3v) is 2.78. The van der Waals surface area contributed by atoms with E-state index in [-0.39, 0.29) is 6.08 Å². The molecular weight excluding hydrogens is 286 g/mol. The van der Waals surface area contributed by atoms with Crippen molar-refractivity contribution < 1.29 is 9.15 Å². The summed E-state index contributed by atoms with van der Waals surface area (Å²) >= 11 is 3.38. The van der Waals surface area contributed by atoms with E-state index in [0.717, 1.165) is 15.6 Å². The Morgan fingerprint density at radius 2 is 2.18 bits per heavy atom. The van der Waals surface area contributed by atoms with Crippen molar-refractivity contribution in [2.75, 3.05) is 12.3 Å². The van der Waals surface area contributed by atoms with Gasteiger partial charge in [-0.1, -0.05) is 21.0 Å². The van der Waals surface area contributed by atoms with Gasteiger partial charge in [0.15, 0.2) is 0 Å². The lowest BCUT2D eigenvalue weighted by Crippen LogP contribution is -1.93. The third kappa shape index (κ3) is 2.41. The highest BCUT2D eigenvalue weighted by molar-refractivity contribution is 9.10. The summed E-state index contributed by atoms with van der Waals surface area (Å²) in [5.41, 5.74) is 8.25. The number of aromatic nitrogens is 2. The van der Waals surface area contributed by atoms with Gasteiger partial charge in [0.2, 0.25) is 0 Å². The Balaban J connectivity index is 2.44. The normalized spacial score (nSPS) is 10.5. The molecule has 0 aliphatic heterocycles. The molecule has 0 amide bonds. The molecule has 2 aromatic rings. The van der Waals surface area contributed by atoms with Crippen molar-refractivity contribution in [3.8, 4) is 17.5 Å². The Bertz CT molecular complexity index is 540. The van der Waals surface area contributed by atoms with Crippen LogP contribution < -0.4 is 10.5 Å². The molecule has 0 bridgehead atoms. The van der Waals surface area contributed by atoms with E-state index in [1.54, 1.807) is 0 Å². The molecule has 5 nitrogen and oxygen atoms in total. The van der Waals surface area contributed by atoms with Gasteiger partial charge in [0.05, 0.1) is 6.61 Å². The summed E-state index contributed by atoms with van der Waals surface area (Å²) in [6.07, 6.45) is 0.167. The minimum absolute atomic E-state index is 0.167. The van der Waals surface area contributed by atoms with E-state index in [4.69, 9.17) is 14.9 Å². The summed E-state index contributed by atoms with van der Waals surface area (Å²) in [5, 5.41) is 7.72. The van der Waals surface area contributed by atoms with Crippen LogP contribution in [0.1, 0.15) is 12.5 Å². The van der Waals surface area contributed by atoms with Gasteiger partial charge in [-0.2, -0.15) is 0 Å². The molecule has 0 unspecified atom stereocenters. The first-order valence-corrected chi connectivity index (χ1v) is 5.93. The van der Waals surface area contributed by atoms with Crippen molar-refractivity contribution in [3.63, 3.8) is 0 Å². The van der Waals surface area contributed by atoms with Crippen LogP contribution in [-0.4, -0.2) is 16.8 Å². The van der Waals surface area contributed by atoms with Crippen molar-refractivity contribution in [3.05, 3.63) is 22.2 Å². The molecule has 1 aromatic carbocycles. The molecule has 0 radical (unpaired) electrons. The fourth-order valence-electron chi connectivity index (χ4n) is 1.42. The van der Waals surface area contributed by atoms with Gasteiger partial charge in [0.1, 0.15) is 0 Å². The Morgan fingerprint density at radius 3 is 2.88 bits per heavy atom. The first-order chi connectivity index (χ1) is 8.11. The average Bonchev–Trinajstić information content (AvgIpc) is 2.72. The molecule has 0 aliphatic carbocycles. The highest BCUT2D eigenvalue weighted by Crippen LogP contribution is 2.31. The summed E-state index contributed by atoms with van der Waals surface area (Å²) in [4.78, 5) is 0. The highest BCUT2D eigenvalue weighted by atomic mass is 79.9. The maximum Gasteiger partial charge on any atom is 0.414 e. The number of hydrogen-bond acceptors (Lipinski definition) is 5. The Hall–Kier alpha value is -1.56. The monoisotopic (exact) mass is 297 g/mol. The highest BCUT2D eigenvalue weighted by Gasteiger charge is 2.13. The van der Waals surface area contributed by atoms with Crippen LogP contribution in [0.4, 0.5) is 5.69 Å². The fourth-order valence-corrected chi connectivity index (χ4v) is 1.90. The number of ether oxygens (including phenoxy) is 1. The zero-order chi connectivity index (χ0) is 12.4. The van der Waals surface area contributed by atoms with E-state index in [9.17, 15) is 0 Å². The fraction of sp³-hybridized carbons (Fsp3) is 0.273. The Kier molecular flexibility index (Phi) is 3.33. The summed E-state index contributed by atoms with van der Waals surface area (Å²) in [7, 11) is 0. The van der Waals surface area contributed by atoms with Crippen molar-refractivity contribution >= 4 is 21.6 Å². The van der Waals surface area contributed by atoms with E-state index in [0.29, 0.717) is 18.2 Å². The molecule has 6 heteroatoms. The smallest absolute Gasteiger partial charge is 0.414 e. The van der Waals surface area contributed by atoms with Crippen LogP contribution in [0, 0.1) is 6.92 Å². The summed E-state index contributed by atoms with van der Waals surface area (Å²) in [5.74, 6) is 0.402. The number of nitrogens with two attached hydrogens (primary N) is 1. The van der Waals surface area contributed by atoms with E-state index in [2.05, 4.69) is 26.1 Å². The molecule has 17 heavy (non-hydrogen) atoms. The van der Waals surface area contributed by atoms with Gasteiger partial charge in [0, 0.05) is 15.7 Å². The van der Waals surface area contributed by atoms with Gasteiger partial charge in [0.25, 0.3) is 5.89 Å². The maximum absolute atomic E-state index is 5.87. The van der Waals surface area contributed by atoms with Crippen molar-refractivity contribution in [1.29, 1.82) is 0 Å². The van der Waals surface area contributed by atoms with Gasteiger partial charge in [-0.3, -0.25) is 0 Å². The van der Waals surface area contributed by atoms with Crippen LogP contribution in [0.2, 0.25) is 0 Å². The lowest BCUT2D eigenvalue weighted by Gasteiger charge is -2.05. The molecule has 0 saturated carbocycles. The van der Waals surface area contributed by atoms with Gasteiger partial charge in [-0.15, -0.1) is 5.10 Å². The van der Waals surface area contributed by atoms with Gasteiger partial charge in [-0.05, 0) is 31.5 Å². The number of rotatable bonds is 3. The van der Waals surface area contributed by atoms with Crippen molar-refractivity contribution in [2.45, 2.75) is 13.8 Å². The molecular formula is C11H12BrN3O2. The lowest BCUT2D eigenvalue weighted by molar-refractivity contribution is 0.247. The zero-order valence-electron chi connectivity index (χ0n) is 9.53. The summed E-state index contributed by atoms with van der Waals surface area (Å²) in [6.45, 7) is 4.25. The zero-order valence-corrected chi connectivity index (χ0v) is 11.1. The predicted molar refractivity (Wildman–Crippen MR) is 67.8 cm³/mol. The van der Waals surface area contributed by atoms with Gasteiger partial charge >= 0.3 is 6.08 Å². The first kappa shape index (κ1) is 11.9. The Morgan fingerprint density at radius 1 is 1.41 bits per heavy atom. The second-order valence-corrected chi connectivity index (χ2v) is 4.39. The predicted octanol–water partition coefficient (Wildman–Crippen LogP) is 2.79. The topological polar surface area (TPSA) is 74.2 Å². The number of nitrogens with zero attached hydrogens (tertiary/aromatic N) is 2. The lowest BCUT2D eigenvalue weighted by atomic mass is 10.1. The second kappa shape index (κ2) is 4.75. The average molecular weight is 298 g/mol. The van der Waals surface area contributed by atoms with E-state index < -0.39 is 0 Å². The van der Waals surface area contributed by atoms with E-state index >= 15 is 0 Å². The Labute approximate surface area is 107 Å². The number of hydrogen-bond donors (Lipinski definition) is 1. The number of anilines is 1. The van der Waals surface area contributed by atoms with Crippen LogP contribution in [0.15, 0.2) is 21.0 Å². The molecule has 0 fully saturated rings. The SMILES string of the molecule is CCOc1nnc(-c2cc(Br)cc(N)c2C)o1. The molecule has 0 spiro atoms. The molecule has 0 aliphatic rings. The number of halogens is 1. The third-order valence-electron chi connectivity index (χ3n) is 2.32. The number of benzene rings is 1. The minimum Gasteiger partial charge on any atom is -0.449 e. The van der Waals surface area contributed by atoms with Crippen LogP contribution in [0.5, 0.6) is 6.08 Å². The van der Waals surface area contributed by atoms with Crippen molar-refractivity contribution in [1.82, 2.24) is 10.2 Å². The molecule has 2 N–H and O–H groups in total. The maximum atomic E-state index is 5.87. The molecule has 0 saturated heterocycles. The van der Waals surface area contributed by atoms with Crippen LogP contribution in [-0.2, 0) is 0 Å². The van der Waals surface area contributed by atoms with Gasteiger partial charge in [-0.25, -0.2) is 0 Å². The molecule has 1 aromatic heterocycles. The van der Waals surface area contributed by atoms with Crippen LogP contribution in [0.25, 0.3) is 11.5 Å². The van der Waals surface area contributed by atoms with Crippen LogP contribution in [0.3, 0.4) is 0 Å². The molecule has 0 atom stereocenters. The summed E-state index contributed by atoms with van der Waals surface area (Å²) in [6, 6.07) is 3.72. The van der Waals surface area contributed by atoms with E-state index in [1.165, 1.54) is 0 Å². The molecule has 1 heterocycles. The van der Waals surface area contributed by atoms with Gasteiger partial charge < -0.3 is 14.9 Å². The molecule has 2 rings (SSSR count). The van der Waals surface area contributed by atoms with Crippen molar-refractivity contribution in [2.24, 2.45) is 0 Å². The largest absolute Gasteiger partial charge is 0.449 e. The quantitative estimate of drug-likeness (QED) is 0.882. The van der Waals surface area contributed by atoms with E-state index in [1.807, 2.05) is 26.0 Å². The second-order valence-electron chi connectivity index (χ2n) is 3.47. The first-order valence-electron chi connectivity index (χ1n) is 5.14. The number of nitrogen functional groups attached to an aromatic ring is 1. The van der Waals surface area contributed by atoms with Crippen LogP contribution >= 0.6 is 15.9 Å². The minimum atomic E-state index is 0.167. The standard InChI is InChI=1S/C11H12BrN3O2/c1-3-16-11-15-14-10(17-11)8-4-7(12)5-9(13)6(8)2/h4-5H,3,13H2,1-2H3. The molecule has 90 valence electrons. The summed E-state index contributed by atoms with van der Waals surface area (Å²) < 4.78 is 11.4.